The first-order chi connectivity index (χ1) is 8.81. The van der Waals surface area contributed by atoms with E-state index in [2.05, 4.69) is 6.07 Å². The lowest BCUT2D eigenvalue weighted by atomic mass is 10.2. The van der Waals surface area contributed by atoms with E-state index in [4.69, 9.17) is 10.4 Å². The first kappa shape index (κ1) is 12.7. The summed E-state index contributed by atoms with van der Waals surface area (Å²) in [4.78, 5) is 1.13. The standard InChI is InChI=1S/C15H13NOS/c16-9-12-3-1-5-14(7-12)11-18-15-6-2-4-13(8-15)10-17/h1-8,17H,10-11H2. The van der Waals surface area contributed by atoms with Crippen LogP contribution in [0.5, 0.6) is 0 Å². The van der Waals surface area contributed by atoms with Crippen molar-refractivity contribution in [2.45, 2.75) is 17.3 Å². The predicted octanol–water partition coefficient (Wildman–Crippen LogP) is 3.34. The van der Waals surface area contributed by atoms with E-state index >= 15 is 0 Å². The minimum atomic E-state index is 0.0678. The highest BCUT2D eigenvalue weighted by molar-refractivity contribution is 7.98. The molecule has 0 fully saturated rings. The largest absolute Gasteiger partial charge is 0.392 e. The number of aliphatic hydroxyl groups excluding tert-OH is 1. The van der Waals surface area contributed by atoms with Crippen molar-refractivity contribution in [1.29, 1.82) is 5.26 Å². The van der Waals surface area contributed by atoms with E-state index in [0.29, 0.717) is 5.56 Å². The van der Waals surface area contributed by atoms with Gasteiger partial charge in [-0.2, -0.15) is 5.26 Å². The Balaban J connectivity index is 2.04. The second kappa shape index (κ2) is 6.25. The number of hydrogen-bond donors (Lipinski definition) is 1. The van der Waals surface area contributed by atoms with E-state index in [1.807, 2.05) is 42.5 Å². The molecule has 0 atom stereocenters. The Morgan fingerprint density at radius 2 is 1.83 bits per heavy atom. The quantitative estimate of drug-likeness (QED) is 0.852. The number of nitriles is 1. The van der Waals surface area contributed by atoms with Gasteiger partial charge in [-0.25, -0.2) is 0 Å². The van der Waals surface area contributed by atoms with Crippen LogP contribution >= 0.6 is 11.8 Å². The van der Waals surface area contributed by atoms with Crippen LogP contribution in [0.2, 0.25) is 0 Å². The first-order valence-corrected chi connectivity index (χ1v) is 6.62. The second-order valence-corrected chi connectivity index (χ2v) is 4.96. The fourth-order valence-electron chi connectivity index (χ4n) is 1.63. The van der Waals surface area contributed by atoms with Gasteiger partial charge in [0.1, 0.15) is 0 Å². The van der Waals surface area contributed by atoms with Gasteiger partial charge in [0.2, 0.25) is 0 Å². The normalized spacial score (nSPS) is 10.0. The van der Waals surface area contributed by atoms with E-state index < -0.39 is 0 Å². The van der Waals surface area contributed by atoms with Crippen LogP contribution < -0.4 is 0 Å². The minimum absolute atomic E-state index is 0.0678. The SMILES string of the molecule is N#Cc1cccc(CSc2cccc(CO)c2)c1. The van der Waals surface area contributed by atoms with E-state index in [0.717, 1.165) is 21.8 Å². The average Bonchev–Trinajstić information content (AvgIpc) is 2.45. The maximum Gasteiger partial charge on any atom is 0.0991 e. The highest BCUT2D eigenvalue weighted by Gasteiger charge is 1.99. The Bertz CT molecular complexity index is 575. The number of aliphatic hydroxyl groups is 1. The Hall–Kier alpha value is -1.76. The van der Waals surface area contributed by atoms with Crippen LogP contribution in [0.4, 0.5) is 0 Å². The van der Waals surface area contributed by atoms with Gasteiger partial charge in [0.05, 0.1) is 18.2 Å². The summed E-state index contributed by atoms with van der Waals surface area (Å²) >= 11 is 1.70. The molecule has 0 bridgehead atoms. The molecule has 2 aromatic carbocycles. The highest BCUT2D eigenvalue weighted by atomic mass is 32.2. The zero-order valence-corrected chi connectivity index (χ0v) is 10.7. The molecule has 2 aromatic rings. The lowest BCUT2D eigenvalue weighted by Gasteiger charge is -2.04. The summed E-state index contributed by atoms with van der Waals surface area (Å²) in [6.07, 6.45) is 0. The van der Waals surface area contributed by atoms with Crippen molar-refractivity contribution in [1.82, 2.24) is 0 Å². The zero-order valence-electron chi connectivity index (χ0n) is 9.84. The molecule has 0 unspecified atom stereocenters. The number of nitrogens with zero attached hydrogens (tertiary/aromatic N) is 1. The van der Waals surface area contributed by atoms with E-state index in [-0.39, 0.29) is 6.61 Å². The van der Waals surface area contributed by atoms with Crippen molar-refractivity contribution < 1.29 is 5.11 Å². The van der Waals surface area contributed by atoms with Crippen LogP contribution in [0.3, 0.4) is 0 Å². The second-order valence-electron chi connectivity index (χ2n) is 3.91. The molecule has 18 heavy (non-hydrogen) atoms. The van der Waals surface area contributed by atoms with Crippen molar-refractivity contribution in [3.8, 4) is 6.07 Å². The molecule has 0 aliphatic carbocycles. The van der Waals surface area contributed by atoms with Gasteiger partial charge in [0, 0.05) is 10.6 Å². The van der Waals surface area contributed by atoms with Gasteiger partial charge in [0.25, 0.3) is 0 Å². The molecule has 0 aliphatic rings. The number of rotatable bonds is 4. The first-order valence-electron chi connectivity index (χ1n) is 5.63. The van der Waals surface area contributed by atoms with E-state index in [9.17, 15) is 0 Å². The molecule has 0 aliphatic heterocycles. The summed E-state index contributed by atoms with van der Waals surface area (Å²) in [7, 11) is 0. The Labute approximate surface area is 111 Å². The van der Waals surface area contributed by atoms with Crippen molar-refractivity contribution in [3.05, 3.63) is 65.2 Å². The summed E-state index contributed by atoms with van der Waals surface area (Å²) in [5, 5.41) is 17.9. The van der Waals surface area contributed by atoms with E-state index in [1.165, 1.54) is 0 Å². The molecule has 3 heteroatoms. The fourth-order valence-corrected chi connectivity index (χ4v) is 2.55. The van der Waals surface area contributed by atoms with Crippen LogP contribution in [0.25, 0.3) is 0 Å². The maximum absolute atomic E-state index is 9.07. The van der Waals surface area contributed by atoms with Gasteiger partial charge in [-0.3, -0.25) is 0 Å². The summed E-state index contributed by atoms with van der Waals surface area (Å²) in [5.41, 5.74) is 2.75. The van der Waals surface area contributed by atoms with Gasteiger partial charge in [-0.05, 0) is 35.4 Å². The van der Waals surface area contributed by atoms with Crippen molar-refractivity contribution in [3.63, 3.8) is 0 Å². The minimum Gasteiger partial charge on any atom is -0.392 e. The Morgan fingerprint density at radius 1 is 1.06 bits per heavy atom. The third-order valence-electron chi connectivity index (χ3n) is 2.54. The predicted molar refractivity (Wildman–Crippen MR) is 73.1 cm³/mol. The lowest BCUT2D eigenvalue weighted by Crippen LogP contribution is -1.85. The van der Waals surface area contributed by atoms with E-state index in [1.54, 1.807) is 17.8 Å². The molecule has 0 spiro atoms. The molecular weight excluding hydrogens is 242 g/mol. The van der Waals surface area contributed by atoms with Gasteiger partial charge in [-0.1, -0.05) is 24.3 Å². The smallest absolute Gasteiger partial charge is 0.0991 e. The van der Waals surface area contributed by atoms with Crippen LogP contribution in [-0.4, -0.2) is 5.11 Å². The summed E-state index contributed by atoms with van der Waals surface area (Å²) < 4.78 is 0. The molecule has 90 valence electrons. The van der Waals surface area contributed by atoms with Gasteiger partial charge in [0.15, 0.2) is 0 Å². The topological polar surface area (TPSA) is 44.0 Å². The summed E-state index contributed by atoms with van der Waals surface area (Å²) in [6, 6.07) is 17.6. The van der Waals surface area contributed by atoms with Crippen LogP contribution in [0.15, 0.2) is 53.4 Å². The van der Waals surface area contributed by atoms with Crippen LogP contribution in [0, 0.1) is 11.3 Å². The Kier molecular flexibility index (Phi) is 4.40. The summed E-state index contributed by atoms with van der Waals surface area (Å²) in [5.74, 6) is 0.824. The monoisotopic (exact) mass is 255 g/mol. The molecule has 0 saturated carbocycles. The highest BCUT2D eigenvalue weighted by Crippen LogP contribution is 2.23. The fraction of sp³-hybridized carbons (Fsp3) is 0.133. The van der Waals surface area contributed by atoms with Gasteiger partial charge in [-0.15, -0.1) is 11.8 Å². The number of hydrogen-bond acceptors (Lipinski definition) is 3. The molecule has 2 rings (SSSR count). The maximum atomic E-state index is 9.07. The molecule has 0 amide bonds. The summed E-state index contributed by atoms with van der Waals surface area (Å²) in [6.45, 7) is 0.0678. The third-order valence-corrected chi connectivity index (χ3v) is 3.61. The molecule has 1 N–H and O–H groups in total. The van der Waals surface area contributed by atoms with Gasteiger partial charge < -0.3 is 5.11 Å². The zero-order chi connectivity index (χ0) is 12.8. The van der Waals surface area contributed by atoms with Crippen molar-refractivity contribution in [2.75, 3.05) is 0 Å². The molecule has 0 radical (unpaired) electrons. The molecule has 0 heterocycles. The average molecular weight is 255 g/mol. The number of thioether (sulfide) groups is 1. The number of benzene rings is 2. The van der Waals surface area contributed by atoms with Crippen LogP contribution in [0.1, 0.15) is 16.7 Å². The molecular formula is C15H13NOS. The Morgan fingerprint density at radius 3 is 2.61 bits per heavy atom. The lowest BCUT2D eigenvalue weighted by molar-refractivity contribution is 0.281. The van der Waals surface area contributed by atoms with Gasteiger partial charge >= 0.3 is 0 Å². The third kappa shape index (κ3) is 3.36. The molecule has 0 aromatic heterocycles. The van der Waals surface area contributed by atoms with Crippen molar-refractivity contribution in [2.24, 2.45) is 0 Å². The van der Waals surface area contributed by atoms with Crippen LogP contribution in [-0.2, 0) is 12.4 Å². The van der Waals surface area contributed by atoms with Crippen molar-refractivity contribution >= 4 is 11.8 Å². The molecule has 0 saturated heterocycles. The molecule has 2 nitrogen and oxygen atoms in total.